The molecule has 0 saturated heterocycles. The van der Waals surface area contributed by atoms with Gasteiger partial charge in [-0.1, -0.05) is 13.3 Å². The minimum atomic E-state index is -0.221. The third-order valence-corrected chi connectivity index (χ3v) is 4.49. The Balaban J connectivity index is 1.63. The molecule has 2 saturated carbocycles. The van der Waals surface area contributed by atoms with Crippen LogP contribution in [-0.2, 0) is 0 Å². The van der Waals surface area contributed by atoms with Crippen molar-refractivity contribution in [3.05, 3.63) is 0 Å². The number of aliphatic hydroxyl groups is 1. The monoisotopic (exact) mass is 254 g/mol. The molecule has 2 aliphatic carbocycles. The van der Waals surface area contributed by atoms with Gasteiger partial charge in [-0.2, -0.15) is 0 Å². The quantitative estimate of drug-likeness (QED) is 0.721. The molecule has 0 bridgehead atoms. The van der Waals surface area contributed by atoms with Gasteiger partial charge in [-0.15, -0.1) is 0 Å². The minimum Gasteiger partial charge on any atom is -0.393 e. The van der Waals surface area contributed by atoms with E-state index in [0.29, 0.717) is 12.6 Å². The molecule has 0 aliphatic heterocycles. The van der Waals surface area contributed by atoms with Gasteiger partial charge in [-0.25, -0.2) is 4.79 Å². The second kappa shape index (κ2) is 6.41. The predicted molar refractivity (Wildman–Crippen MR) is 71.3 cm³/mol. The second-order valence-corrected chi connectivity index (χ2v) is 6.07. The lowest BCUT2D eigenvalue weighted by molar-refractivity contribution is 0.132. The fourth-order valence-corrected chi connectivity index (χ4v) is 3.12. The Morgan fingerprint density at radius 2 is 1.89 bits per heavy atom. The second-order valence-electron chi connectivity index (χ2n) is 6.07. The number of hydrogen-bond donors (Lipinski definition) is 3. The molecule has 2 aliphatic rings. The van der Waals surface area contributed by atoms with Crippen molar-refractivity contribution in [2.75, 3.05) is 6.54 Å². The summed E-state index contributed by atoms with van der Waals surface area (Å²) in [6.07, 6.45) is 7.40. The number of rotatable bonds is 3. The summed E-state index contributed by atoms with van der Waals surface area (Å²) >= 11 is 0. The van der Waals surface area contributed by atoms with E-state index in [2.05, 4.69) is 17.6 Å². The van der Waals surface area contributed by atoms with Crippen LogP contribution in [0.2, 0.25) is 0 Å². The minimum absolute atomic E-state index is 0.0614. The summed E-state index contributed by atoms with van der Waals surface area (Å²) in [6.45, 7) is 2.88. The Hall–Kier alpha value is -0.770. The zero-order valence-electron chi connectivity index (χ0n) is 11.3. The Labute approximate surface area is 110 Å². The van der Waals surface area contributed by atoms with E-state index in [1.54, 1.807) is 0 Å². The van der Waals surface area contributed by atoms with Crippen LogP contribution in [0.5, 0.6) is 0 Å². The molecular weight excluding hydrogens is 228 g/mol. The lowest BCUT2D eigenvalue weighted by Crippen LogP contribution is -2.45. The van der Waals surface area contributed by atoms with Crippen molar-refractivity contribution in [2.24, 2.45) is 11.8 Å². The van der Waals surface area contributed by atoms with Crippen LogP contribution in [0.1, 0.15) is 51.9 Å². The van der Waals surface area contributed by atoms with Crippen molar-refractivity contribution in [3.8, 4) is 0 Å². The Kier molecular flexibility index (Phi) is 4.87. The molecule has 2 amide bonds. The van der Waals surface area contributed by atoms with E-state index in [0.717, 1.165) is 38.0 Å². The lowest BCUT2D eigenvalue weighted by Gasteiger charge is -2.27. The third kappa shape index (κ3) is 3.87. The first-order chi connectivity index (χ1) is 8.65. The molecule has 2 rings (SSSR count). The molecule has 0 aromatic heterocycles. The summed E-state index contributed by atoms with van der Waals surface area (Å²) in [5.41, 5.74) is 0. The molecular formula is C14H26N2O2. The SMILES string of the molecule is CC1CCC(NC(=O)NC[C@@H]2CCC[C@H]2O)CC1. The molecule has 18 heavy (non-hydrogen) atoms. The first kappa shape index (κ1) is 13.7. The number of carbonyl (C=O) groups is 1. The third-order valence-electron chi connectivity index (χ3n) is 4.49. The molecule has 2 atom stereocenters. The van der Waals surface area contributed by atoms with Gasteiger partial charge in [0.25, 0.3) is 0 Å². The van der Waals surface area contributed by atoms with Crippen LogP contribution in [0.4, 0.5) is 4.79 Å². The van der Waals surface area contributed by atoms with Crippen molar-refractivity contribution in [3.63, 3.8) is 0 Å². The summed E-state index contributed by atoms with van der Waals surface area (Å²) in [5.74, 6) is 1.06. The standard InChI is InChI=1S/C14H26N2O2/c1-10-5-7-12(8-6-10)16-14(18)15-9-11-3-2-4-13(11)17/h10-13,17H,2-9H2,1H3,(H2,15,16,18)/t10?,11-,12?,13+/m0/s1. The van der Waals surface area contributed by atoms with Gasteiger partial charge in [-0.3, -0.25) is 0 Å². The fraction of sp³-hybridized carbons (Fsp3) is 0.929. The maximum Gasteiger partial charge on any atom is 0.315 e. The highest BCUT2D eigenvalue weighted by Crippen LogP contribution is 2.25. The van der Waals surface area contributed by atoms with Gasteiger partial charge in [0, 0.05) is 18.5 Å². The van der Waals surface area contributed by atoms with Gasteiger partial charge in [-0.05, 0) is 44.4 Å². The number of urea groups is 1. The largest absolute Gasteiger partial charge is 0.393 e. The molecule has 0 unspecified atom stereocenters. The normalized spacial score (nSPS) is 36.3. The highest BCUT2D eigenvalue weighted by atomic mass is 16.3. The molecule has 0 heterocycles. The Morgan fingerprint density at radius 3 is 2.50 bits per heavy atom. The zero-order valence-corrected chi connectivity index (χ0v) is 11.3. The zero-order chi connectivity index (χ0) is 13.0. The van der Waals surface area contributed by atoms with E-state index in [1.807, 2.05) is 0 Å². The number of amides is 2. The molecule has 4 nitrogen and oxygen atoms in total. The van der Waals surface area contributed by atoms with Crippen LogP contribution in [0.3, 0.4) is 0 Å². The van der Waals surface area contributed by atoms with Crippen LogP contribution in [-0.4, -0.2) is 29.8 Å². The van der Waals surface area contributed by atoms with E-state index >= 15 is 0 Å². The molecule has 104 valence electrons. The van der Waals surface area contributed by atoms with Crippen molar-refractivity contribution >= 4 is 6.03 Å². The van der Waals surface area contributed by atoms with E-state index in [4.69, 9.17) is 0 Å². The molecule has 4 heteroatoms. The summed E-state index contributed by atoms with van der Waals surface area (Å²) in [5, 5.41) is 15.6. The number of aliphatic hydroxyl groups excluding tert-OH is 1. The van der Waals surface area contributed by atoms with Crippen LogP contribution in [0.25, 0.3) is 0 Å². The van der Waals surface area contributed by atoms with Crippen molar-refractivity contribution in [1.29, 1.82) is 0 Å². The van der Waals surface area contributed by atoms with Gasteiger partial charge >= 0.3 is 6.03 Å². The molecule has 2 fully saturated rings. The van der Waals surface area contributed by atoms with E-state index in [9.17, 15) is 9.90 Å². The maximum atomic E-state index is 11.8. The molecule has 3 N–H and O–H groups in total. The van der Waals surface area contributed by atoms with Gasteiger partial charge in [0.1, 0.15) is 0 Å². The highest BCUT2D eigenvalue weighted by Gasteiger charge is 2.26. The van der Waals surface area contributed by atoms with Crippen molar-refractivity contribution in [2.45, 2.75) is 64.0 Å². The predicted octanol–water partition coefficient (Wildman–Crippen LogP) is 2.03. The Bertz CT molecular complexity index is 275. The van der Waals surface area contributed by atoms with Crippen molar-refractivity contribution in [1.82, 2.24) is 10.6 Å². The smallest absolute Gasteiger partial charge is 0.315 e. The van der Waals surface area contributed by atoms with Crippen LogP contribution in [0.15, 0.2) is 0 Å². The van der Waals surface area contributed by atoms with Gasteiger partial charge in [0.2, 0.25) is 0 Å². The van der Waals surface area contributed by atoms with Crippen molar-refractivity contribution < 1.29 is 9.90 Å². The molecule has 0 aromatic carbocycles. The highest BCUT2D eigenvalue weighted by molar-refractivity contribution is 5.74. The van der Waals surface area contributed by atoms with Gasteiger partial charge < -0.3 is 15.7 Å². The van der Waals surface area contributed by atoms with Gasteiger partial charge in [0.15, 0.2) is 0 Å². The summed E-state index contributed by atoms with van der Waals surface area (Å²) in [7, 11) is 0. The number of hydrogen-bond acceptors (Lipinski definition) is 2. The average molecular weight is 254 g/mol. The summed E-state index contributed by atoms with van der Waals surface area (Å²) < 4.78 is 0. The van der Waals surface area contributed by atoms with Gasteiger partial charge in [0.05, 0.1) is 6.10 Å². The lowest BCUT2D eigenvalue weighted by atomic mass is 9.87. The first-order valence-electron chi connectivity index (χ1n) is 7.37. The number of carbonyl (C=O) groups excluding carboxylic acids is 1. The van der Waals surface area contributed by atoms with Crippen LogP contribution >= 0.6 is 0 Å². The summed E-state index contributed by atoms with van der Waals surface area (Å²) in [6, 6.07) is 0.281. The van der Waals surface area contributed by atoms with E-state index in [1.165, 1.54) is 12.8 Å². The topological polar surface area (TPSA) is 61.4 Å². The Morgan fingerprint density at radius 1 is 1.17 bits per heavy atom. The van der Waals surface area contributed by atoms with E-state index < -0.39 is 0 Å². The van der Waals surface area contributed by atoms with Crippen LogP contribution < -0.4 is 10.6 Å². The first-order valence-corrected chi connectivity index (χ1v) is 7.37. The number of nitrogens with one attached hydrogen (secondary N) is 2. The maximum absolute atomic E-state index is 11.8. The molecule has 0 aromatic rings. The fourth-order valence-electron chi connectivity index (χ4n) is 3.12. The summed E-state index contributed by atoms with van der Waals surface area (Å²) in [4.78, 5) is 11.8. The van der Waals surface area contributed by atoms with Crippen LogP contribution in [0, 0.1) is 11.8 Å². The molecule has 0 spiro atoms. The molecule has 0 radical (unpaired) electrons. The average Bonchev–Trinajstić information content (AvgIpc) is 2.75. The van der Waals surface area contributed by atoms with E-state index in [-0.39, 0.29) is 18.1 Å².